The summed E-state index contributed by atoms with van der Waals surface area (Å²) >= 11 is 0. The summed E-state index contributed by atoms with van der Waals surface area (Å²) in [6.07, 6.45) is 0. The molecule has 0 aliphatic carbocycles. The molecule has 0 radical (unpaired) electrons. The van der Waals surface area contributed by atoms with Crippen molar-refractivity contribution in [2.45, 2.75) is 32.7 Å². The molecule has 2 N–H and O–H groups in total. The molecule has 0 saturated heterocycles. The number of pyridine rings is 1. The van der Waals surface area contributed by atoms with Crippen LogP contribution in [0.3, 0.4) is 0 Å². The number of nitrogens with one attached hydrogen (secondary N) is 2. The second-order valence-corrected chi connectivity index (χ2v) is 8.08. The number of fused-ring (bicyclic) bond motifs is 1. The van der Waals surface area contributed by atoms with Crippen molar-refractivity contribution < 1.29 is 4.79 Å². The fourth-order valence-corrected chi connectivity index (χ4v) is 3.63. The van der Waals surface area contributed by atoms with Gasteiger partial charge < -0.3 is 10.6 Å². The molecule has 0 spiro atoms. The van der Waals surface area contributed by atoms with Crippen LogP contribution in [0, 0.1) is 0 Å². The first kappa shape index (κ1) is 20.6. The molecular formula is C27H27N3O. The highest BCUT2D eigenvalue weighted by Crippen LogP contribution is 2.25. The van der Waals surface area contributed by atoms with E-state index in [1.807, 2.05) is 79.7 Å². The Morgan fingerprint density at radius 3 is 2.19 bits per heavy atom. The highest BCUT2D eigenvalue weighted by Gasteiger charge is 2.16. The molecule has 1 atom stereocenters. The Morgan fingerprint density at radius 1 is 0.806 bits per heavy atom. The van der Waals surface area contributed by atoms with Gasteiger partial charge in [0.05, 0.1) is 17.1 Å². The molecule has 1 heterocycles. The molecule has 3 aromatic carbocycles. The lowest BCUT2D eigenvalue weighted by atomic mass is 10.0. The van der Waals surface area contributed by atoms with E-state index in [9.17, 15) is 4.79 Å². The molecule has 0 bridgehead atoms. The molecule has 4 aromatic rings. The summed E-state index contributed by atoms with van der Waals surface area (Å²) in [5, 5.41) is 7.31. The van der Waals surface area contributed by atoms with Crippen LogP contribution in [0.4, 0.5) is 11.5 Å². The van der Waals surface area contributed by atoms with E-state index < -0.39 is 0 Å². The normalized spacial score (nSPS) is 12.0. The molecule has 0 aliphatic heterocycles. The first-order valence-electron chi connectivity index (χ1n) is 10.6. The van der Waals surface area contributed by atoms with Crippen LogP contribution >= 0.6 is 0 Å². The minimum Gasteiger partial charge on any atom is -0.345 e. The summed E-state index contributed by atoms with van der Waals surface area (Å²) in [6.45, 7) is 6.34. The van der Waals surface area contributed by atoms with Crippen LogP contribution in [0.25, 0.3) is 10.9 Å². The first-order valence-corrected chi connectivity index (χ1v) is 10.6. The summed E-state index contributed by atoms with van der Waals surface area (Å²) in [7, 11) is 0. The quantitative estimate of drug-likeness (QED) is 0.377. The van der Waals surface area contributed by atoms with Gasteiger partial charge in [0.1, 0.15) is 5.82 Å². The van der Waals surface area contributed by atoms with Gasteiger partial charge in [-0.1, -0.05) is 74.5 Å². The van der Waals surface area contributed by atoms with Crippen LogP contribution in [0.2, 0.25) is 0 Å². The molecule has 31 heavy (non-hydrogen) atoms. The van der Waals surface area contributed by atoms with Gasteiger partial charge in [-0.05, 0) is 48.2 Å². The number of anilines is 2. The van der Waals surface area contributed by atoms with Crippen LogP contribution in [-0.4, -0.2) is 10.9 Å². The van der Waals surface area contributed by atoms with E-state index >= 15 is 0 Å². The molecule has 1 amide bonds. The number of carbonyl (C=O) groups excluding carboxylic acids is 1. The minimum atomic E-state index is -0.117. The van der Waals surface area contributed by atoms with Crippen LogP contribution in [0.5, 0.6) is 0 Å². The zero-order valence-corrected chi connectivity index (χ0v) is 18.1. The van der Waals surface area contributed by atoms with Crippen molar-refractivity contribution in [3.63, 3.8) is 0 Å². The van der Waals surface area contributed by atoms with Crippen molar-refractivity contribution in [1.29, 1.82) is 0 Å². The molecule has 1 unspecified atom stereocenters. The summed E-state index contributed by atoms with van der Waals surface area (Å²) in [4.78, 5) is 17.9. The third-order valence-electron chi connectivity index (χ3n) is 5.46. The molecule has 156 valence electrons. The van der Waals surface area contributed by atoms with E-state index in [4.69, 9.17) is 4.98 Å². The van der Waals surface area contributed by atoms with Gasteiger partial charge in [0, 0.05) is 11.1 Å². The minimum absolute atomic E-state index is 0.0967. The number of hydrogen-bond donors (Lipinski definition) is 2. The number of carbonyl (C=O) groups is 1. The molecule has 4 heteroatoms. The van der Waals surface area contributed by atoms with Crippen molar-refractivity contribution >= 4 is 28.3 Å². The third kappa shape index (κ3) is 4.75. The summed E-state index contributed by atoms with van der Waals surface area (Å²) < 4.78 is 0. The molecule has 0 saturated carbocycles. The van der Waals surface area contributed by atoms with Crippen LogP contribution in [0.1, 0.15) is 54.2 Å². The van der Waals surface area contributed by atoms with Gasteiger partial charge in [-0.15, -0.1) is 0 Å². The van der Waals surface area contributed by atoms with Gasteiger partial charge in [0.15, 0.2) is 0 Å². The zero-order chi connectivity index (χ0) is 21.8. The number of hydrogen-bond acceptors (Lipinski definition) is 3. The van der Waals surface area contributed by atoms with E-state index in [2.05, 4.69) is 36.6 Å². The number of benzene rings is 3. The number of para-hydroxylation sites is 1. The number of nitrogens with zero attached hydrogens (tertiary/aromatic N) is 1. The van der Waals surface area contributed by atoms with E-state index in [1.54, 1.807) is 0 Å². The standard InChI is InChI=1S/C27H27N3O/c1-18(2)20-13-15-22(16-14-20)29-26-17-24(23-11-7-8-12-25(23)30-26)27(31)28-19(3)21-9-5-4-6-10-21/h4-19H,1-3H3,(H,28,31)(H,29,30). The van der Waals surface area contributed by atoms with Crippen molar-refractivity contribution in [3.05, 3.63) is 102 Å². The van der Waals surface area contributed by atoms with Crippen LogP contribution < -0.4 is 10.6 Å². The van der Waals surface area contributed by atoms with E-state index in [1.165, 1.54) is 5.56 Å². The Hall–Kier alpha value is -3.66. The van der Waals surface area contributed by atoms with E-state index in [0.29, 0.717) is 17.3 Å². The maximum absolute atomic E-state index is 13.2. The average Bonchev–Trinajstić information content (AvgIpc) is 2.79. The lowest BCUT2D eigenvalue weighted by Gasteiger charge is -2.16. The predicted octanol–water partition coefficient (Wildman–Crippen LogP) is 6.59. The monoisotopic (exact) mass is 409 g/mol. The Bertz CT molecular complexity index is 1180. The van der Waals surface area contributed by atoms with E-state index in [0.717, 1.165) is 22.2 Å². The Labute approximate surface area is 183 Å². The Kier molecular flexibility index (Phi) is 5.99. The second-order valence-electron chi connectivity index (χ2n) is 8.08. The van der Waals surface area contributed by atoms with Gasteiger partial charge in [0.25, 0.3) is 5.91 Å². The van der Waals surface area contributed by atoms with Gasteiger partial charge in [-0.25, -0.2) is 4.98 Å². The number of aromatic nitrogens is 1. The number of amides is 1. The summed E-state index contributed by atoms with van der Waals surface area (Å²) in [5.74, 6) is 1.01. The smallest absolute Gasteiger partial charge is 0.252 e. The average molecular weight is 410 g/mol. The lowest BCUT2D eigenvalue weighted by molar-refractivity contribution is 0.0941. The SMILES string of the molecule is CC(C)c1ccc(Nc2cc(C(=O)NC(C)c3ccccc3)c3ccccc3n2)cc1. The zero-order valence-electron chi connectivity index (χ0n) is 18.1. The van der Waals surface area contributed by atoms with Crippen LogP contribution in [-0.2, 0) is 0 Å². The topological polar surface area (TPSA) is 54.0 Å². The predicted molar refractivity (Wildman–Crippen MR) is 128 cm³/mol. The second kappa shape index (κ2) is 9.00. The fourth-order valence-electron chi connectivity index (χ4n) is 3.63. The Balaban J connectivity index is 1.64. The van der Waals surface area contributed by atoms with Crippen LogP contribution in [0.15, 0.2) is 84.9 Å². The molecule has 0 aliphatic rings. The maximum atomic E-state index is 13.2. The van der Waals surface area contributed by atoms with Gasteiger partial charge in [0.2, 0.25) is 0 Å². The number of rotatable bonds is 6. The first-order chi connectivity index (χ1) is 15.0. The Morgan fingerprint density at radius 2 is 1.48 bits per heavy atom. The maximum Gasteiger partial charge on any atom is 0.252 e. The third-order valence-corrected chi connectivity index (χ3v) is 5.46. The summed E-state index contributed by atoms with van der Waals surface area (Å²) in [6, 6.07) is 27.7. The highest BCUT2D eigenvalue weighted by atomic mass is 16.1. The molecule has 0 fully saturated rings. The highest BCUT2D eigenvalue weighted by molar-refractivity contribution is 6.07. The van der Waals surface area contributed by atoms with Gasteiger partial charge in [-0.2, -0.15) is 0 Å². The molecule has 1 aromatic heterocycles. The van der Waals surface area contributed by atoms with Gasteiger partial charge >= 0.3 is 0 Å². The van der Waals surface area contributed by atoms with E-state index in [-0.39, 0.29) is 11.9 Å². The molecule has 4 nitrogen and oxygen atoms in total. The van der Waals surface area contributed by atoms with Crippen molar-refractivity contribution in [2.75, 3.05) is 5.32 Å². The summed E-state index contributed by atoms with van der Waals surface area (Å²) in [5.41, 5.74) is 4.68. The fraction of sp³-hybridized carbons (Fsp3) is 0.185. The molecule has 4 rings (SSSR count). The largest absolute Gasteiger partial charge is 0.345 e. The lowest BCUT2D eigenvalue weighted by Crippen LogP contribution is -2.27. The van der Waals surface area contributed by atoms with Gasteiger partial charge in [-0.3, -0.25) is 4.79 Å². The van der Waals surface area contributed by atoms with Crippen molar-refractivity contribution in [2.24, 2.45) is 0 Å². The molecular weight excluding hydrogens is 382 g/mol. The van der Waals surface area contributed by atoms with Crippen molar-refractivity contribution in [1.82, 2.24) is 10.3 Å². The van der Waals surface area contributed by atoms with Crippen molar-refractivity contribution in [3.8, 4) is 0 Å².